The Labute approximate surface area is 147 Å². The van der Waals surface area contributed by atoms with Gasteiger partial charge in [-0.25, -0.2) is 0 Å². The number of allylic oxidation sites excluding steroid dienone is 8. The summed E-state index contributed by atoms with van der Waals surface area (Å²) in [5, 5.41) is 0. The van der Waals surface area contributed by atoms with Crippen molar-refractivity contribution >= 4 is 0 Å². The van der Waals surface area contributed by atoms with E-state index < -0.39 is 0 Å². The summed E-state index contributed by atoms with van der Waals surface area (Å²) in [5.74, 6) is 1.43. The fourth-order valence-corrected chi connectivity index (χ4v) is 0.850. The zero-order valence-electron chi connectivity index (χ0n) is 17.4. The molecule has 1 heteroatoms. The molecule has 0 aliphatic carbocycles. The highest BCUT2D eigenvalue weighted by atomic mass is 16.5. The van der Waals surface area contributed by atoms with Gasteiger partial charge in [0, 0.05) is 0 Å². The summed E-state index contributed by atoms with van der Waals surface area (Å²) in [5.41, 5.74) is 0. The lowest BCUT2D eigenvalue weighted by atomic mass is 10.3. The molecule has 0 amide bonds. The van der Waals surface area contributed by atoms with Gasteiger partial charge in [-0.3, -0.25) is 0 Å². The fraction of sp³-hybridized carbons (Fsp3) is 0.455. The molecule has 0 saturated carbocycles. The molecule has 1 nitrogen and oxygen atoms in total. The van der Waals surface area contributed by atoms with Crippen LogP contribution in [0.1, 0.15) is 69.2 Å². The highest BCUT2D eigenvalue weighted by Crippen LogP contribution is 2.07. The van der Waals surface area contributed by atoms with Gasteiger partial charge in [0.05, 0.1) is 0 Å². The second-order valence-electron chi connectivity index (χ2n) is 3.07. The summed E-state index contributed by atoms with van der Waals surface area (Å²) in [7, 11) is 0. The minimum absolute atomic E-state index is 0.640. The smallest absolute Gasteiger partial charge is 0.127 e. The first-order valence-electron chi connectivity index (χ1n) is 8.68. The summed E-state index contributed by atoms with van der Waals surface area (Å²) < 4.78 is 5.48. The van der Waals surface area contributed by atoms with Crippen LogP contribution in [0.5, 0.6) is 0 Å². The van der Waals surface area contributed by atoms with Crippen molar-refractivity contribution in [2.45, 2.75) is 69.2 Å². The molecule has 0 radical (unpaired) electrons. The van der Waals surface area contributed by atoms with E-state index in [0.29, 0.717) is 5.76 Å². The molecule has 0 aromatic carbocycles. The maximum atomic E-state index is 5.48. The van der Waals surface area contributed by atoms with E-state index in [-0.39, 0.29) is 0 Å². The third kappa shape index (κ3) is 44.9. The molecule has 0 aromatic heterocycles. The van der Waals surface area contributed by atoms with Crippen molar-refractivity contribution in [1.82, 2.24) is 0 Å². The third-order valence-electron chi connectivity index (χ3n) is 1.39. The van der Waals surface area contributed by atoms with E-state index >= 15 is 0 Å². The lowest BCUT2D eigenvalue weighted by molar-refractivity contribution is 0.338. The molecule has 0 aliphatic rings. The van der Waals surface area contributed by atoms with E-state index in [2.05, 4.69) is 13.2 Å². The Balaban J connectivity index is -0.000000101. The molecule has 0 saturated heterocycles. The van der Waals surface area contributed by atoms with Gasteiger partial charge >= 0.3 is 0 Å². The molecule has 0 fully saturated rings. The molecule has 0 bridgehead atoms. The van der Waals surface area contributed by atoms with Crippen LogP contribution in [0.15, 0.2) is 73.3 Å². The molecule has 0 spiro atoms. The predicted molar refractivity (Wildman–Crippen MR) is 113 cm³/mol. The lowest BCUT2D eigenvalue weighted by Gasteiger charge is -2.04. The quantitative estimate of drug-likeness (QED) is 0.280. The van der Waals surface area contributed by atoms with Crippen LogP contribution in [0, 0.1) is 0 Å². The van der Waals surface area contributed by atoms with Crippen LogP contribution in [-0.2, 0) is 4.74 Å². The summed E-state index contributed by atoms with van der Waals surface area (Å²) in [6.45, 7) is 26.9. The molecule has 0 atom stereocenters. The molecular weight excluding hydrogens is 280 g/mol. The van der Waals surface area contributed by atoms with Crippen molar-refractivity contribution in [2.75, 3.05) is 0 Å². The molecule has 0 aliphatic heterocycles. The van der Waals surface area contributed by atoms with Gasteiger partial charge in [0.1, 0.15) is 11.5 Å². The largest absolute Gasteiger partial charge is 0.458 e. The van der Waals surface area contributed by atoms with Crippen LogP contribution in [0.25, 0.3) is 0 Å². The Morgan fingerprint density at radius 3 is 1.43 bits per heavy atom. The number of hydrogen-bond donors (Lipinski definition) is 0. The van der Waals surface area contributed by atoms with Crippen molar-refractivity contribution in [3.05, 3.63) is 73.3 Å². The SMILES string of the molecule is C=C(/C=C\C)OC(/C=C\C)=C/C=C\C.C=CC.CC.CC.CC. The van der Waals surface area contributed by atoms with Gasteiger partial charge in [0.25, 0.3) is 0 Å². The second-order valence-corrected chi connectivity index (χ2v) is 3.07. The first-order chi connectivity index (χ1) is 11.2. The number of rotatable bonds is 5. The van der Waals surface area contributed by atoms with Crippen LogP contribution in [0.4, 0.5) is 0 Å². The van der Waals surface area contributed by atoms with Gasteiger partial charge in [0.15, 0.2) is 0 Å². The molecule has 0 aromatic rings. The van der Waals surface area contributed by atoms with E-state index in [4.69, 9.17) is 4.74 Å². The van der Waals surface area contributed by atoms with Crippen LogP contribution in [0.2, 0.25) is 0 Å². The van der Waals surface area contributed by atoms with Gasteiger partial charge in [-0.05, 0) is 45.9 Å². The van der Waals surface area contributed by atoms with E-state index in [9.17, 15) is 0 Å². The monoisotopic (exact) mass is 322 g/mol. The second kappa shape index (κ2) is 42.7. The highest BCUT2D eigenvalue weighted by Gasteiger charge is 1.92. The Kier molecular flexibility index (Phi) is 61.3. The Morgan fingerprint density at radius 2 is 1.13 bits per heavy atom. The maximum Gasteiger partial charge on any atom is 0.127 e. The molecule has 136 valence electrons. The zero-order valence-corrected chi connectivity index (χ0v) is 17.4. The molecular formula is C22H42O. The van der Waals surface area contributed by atoms with Crippen LogP contribution >= 0.6 is 0 Å². The van der Waals surface area contributed by atoms with Gasteiger partial charge < -0.3 is 4.74 Å². The maximum absolute atomic E-state index is 5.48. The summed E-state index contributed by atoms with van der Waals surface area (Å²) >= 11 is 0. The third-order valence-corrected chi connectivity index (χ3v) is 1.39. The first-order valence-corrected chi connectivity index (χ1v) is 8.68. The summed E-state index contributed by atoms with van der Waals surface area (Å²) in [4.78, 5) is 0. The Hall–Kier alpha value is -1.76. The van der Waals surface area contributed by atoms with Crippen LogP contribution in [0.3, 0.4) is 0 Å². The first kappa shape index (κ1) is 33.0. The van der Waals surface area contributed by atoms with E-state index in [1.807, 2.05) is 112 Å². The molecule has 0 unspecified atom stereocenters. The Bertz CT molecular complexity index is 315. The van der Waals surface area contributed by atoms with E-state index in [1.165, 1.54) is 0 Å². The van der Waals surface area contributed by atoms with Crippen molar-refractivity contribution in [1.29, 1.82) is 0 Å². The van der Waals surface area contributed by atoms with Crippen molar-refractivity contribution < 1.29 is 4.74 Å². The molecule has 0 heterocycles. The number of ether oxygens (including phenoxy) is 1. The van der Waals surface area contributed by atoms with E-state index in [1.54, 1.807) is 6.08 Å². The molecule has 0 rings (SSSR count). The zero-order chi connectivity index (χ0) is 19.5. The number of hydrogen-bond acceptors (Lipinski definition) is 1. The summed E-state index contributed by atoms with van der Waals surface area (Å²) in [6.07, 6.45) is 15.1. The molecule has 23 heavy (non-hydrogen) atoms. The van der Waals surface area contributed by atoms with Gasteiger partial charge in [0.2, 0.25) is 0 Å². The normalized spacial score (nSPS) is 9.39. The predicted octanol–water partition coefficient (Wildman–Crippen LogP) is 8.40. The van der Waals surface area contributed by atoms with Crippen LogP contribution < -0.4 is 0 Å². The average Bonchev–Trinajstić information content (AvgIpc) is 2.59. The lowest BCUT2D eigenvalue weighted by Crippen LogP contribution is -1.86. The standard InChI is InChI=1S/C13H18O.C3H6.3C2H6/c1-5-8-11-13(10-7-3)14-12(4)9-6-2;1-3-2;3*1-2/h5-11H,4H2,1-3H3;3H,1H2,2H3;3*1-2H3/b8-5-,9-6-,10-7-,13-11+;;;;. The van der Waals surface area contributed by atoms with Crippen molar-refractivity contribution in [3.63, 3.8) is 0 Å². The minimum Gasteiger partial charge on any atom is -0.458 e. The highest BCUT2D eigenvalue weighted by molar-refractivity contribution is 5.21. The average molecular weight is 323 g/mol. The Morgan fingerprint density at radius 1 is 0.739 bits per heavy atom. The van der Waals surface area contributed by atoms with Crippen molar-refractivity contribution in [3.8, 4) is 0 Å². The van der Waals surface area contributed by atoms with E-state index in [0.717, 1.165) is 5.76 Å². The van der Waals surface area contributed by atoms with Gasteiger partial charge in [-0.2, -0.15) is 0 Å². The molecule has 0 N–H and O–H groups in total. The van der Waals surface area contributed by atoms with Crippen molar-refractivity contribution in [2.24, 2.45) is 0 Å². The van der Waals surface area contributed by atoms with Gasteiger partial charge in [-0.15, -0.1) is 6.58 Å². The van der Waals surface area contributed by atoms with Gasteiger partial charge in [-0.1, -0.05) is 78.5 Å². The summed E-state index contributed by atoms with van der Waals surface area (Å²) in [6, 6.07) is 0. The van der Waals surface area contributed by atoms with Crippen LogP contribution in [-0.4, -0.2) is 0 Å². The topological polar surface area (TPSA) is 9.23 Å². The fourth-order valence-electron chi connectivity index (χ4n) is 0.850. The minimum atomic E-state index is 0.640.